The third-order valence-electron chi connectivity index (χ3n) is 4.99. The molecule has 0 saturated carbocycles. The van der Waals surface area contributed by atoms with Gasteiger partial charge in [0.25, 0.3) is 5.91 Å². The van der Waals surface area contributed by atoms with Crippen molar-refractivity contribution in [3.8, 4) is 0 Å². The summed E-state index contributed by atoms with van der Waals surface area (Å²) in [5.41, 5.74) is 5.09. The zero-order valence-electron chi connectivity index (χ0n) is 16.6. The van der Waals surface area contributed by atoms with Gasteiger partial charge in [-0.3, -0.25) is 4.79 Å². The van der Waals surface area contributed by atoms with Crippen LogP contribution in [0.3, 0.4) is 0 Å². The number of hydrogen-bond donors (Lipinski definition) is 3. The molecule has 0 spiro atoms. The smallest absolute Gasteiger partial charge is 0.328 e. The predicted molar refractivity (Wildman–Crippen MR) is 109 cm³/mol. The number of carboxylic acid groups (broad SMARTS) is 2. The second-order valence-electron chi connectivity index (χ2n) is 6.86. The lowest BCUT2D eigenvalue weighted by Crippen LogP contribution is -2.37. The van der Waals surface area contributed by atoms with Crippen molar-refractivity contribution in [1.29, 1.82) is 0 Å². The lowest BCUT2D eigenvalue weighted by Gasteiger charge is -2.27. The van der Waals surface area contributed by atoms with Gasteiger partial charge in [-0.15, -0.1) is 0 Å². The molecule has 1 amide bonds. The summed E-state index contributed by atoms with van der Waals surface area (Å²) in [6, 6.07) is 8.12. The van der Waals surface area contributed by atoms with E-state index in [0.717, 1.165) is 46.5 Å². The Morgan fingerprint density at radius 2 is 1.87 bits per heavy atom. The number of aromatic nitrogens is 3. The molecule has 0 atom stereocenters. The van der Waals surface area contributed by atoms with Gasteiger partial charge in [0.2, 0.25) is 0 Å². The number of fused-ring (bicyclic) bond motifs is 3. The van der Waals surface area contributed by atoms with E-state index in [1.54, 1.807) is 6.33 Å². The number of imidazole rings is 1. The van der Waals surface area contributed by atoms with E-state index < -0.39 is 11.9 Å². The zero-order valence-corrected chi connectivity index (χ0v) is 16.6. The Morgan fingerprint density at radius 1 is 1.20 bits per heavy atom. The summed E-state index contributed by atoms with van der Waals surface area (Å²) in [6.45, 7) is 3.29. The van der Waals surface area contributed by atoms with Crippen molar-refractivity contribution >= 4 is 28.7 Å². The second kappa shape index (κ2) is 8.64. The first-order chi connectivity index (χ1) is 14.3. The number of carbonyl (C=O) groups excluding carboxylic acids is 1. The van der Waals surface area contributed by atoms with Crippen molar-refractivity contribution in [2.75, 3.05) is 6.54 Å². The average molecular weight is 410 g/mol. The van der Waals surface area contributed by atoms with Crippen LogP contribution in [0.4, 0.5) is 0 Å². The number of nitrogens with zero attached hydrogens (tertiary/aromatic N) is 3. The van der Waals surface area contributed by atoms with Gasteiger partial charge in [-0.25, -0.2) is 14.6 Å². The zero-order chi connectivity index (χ0) is 21.8. The van der Waals surface area contributed by atoms with E-state index in [1.807, 2.05) is 37.1 Å². The normalized spacial score (nSPS) is 13.3. The summed E-state index contributed by atoms with van der Waals surface area (Å²) in [6.07, 6.45) is 3.68. The number of carbonyl (C=O) groups is 3. The minimum Gasteiger partial charge on any atom is -0.478 e. The highest BCUT2D eigenvalue weighted by Gasteiger charge is 2.30. The molecule has 0 aliphatic carbocycles. The number of nitrogens with one attached hydrogen (secondary N) is 1. The van der Waals surface area contributed by atoms with Crippen LogP contribution in [0.5, 0.6) is 0 Å². The number of benzene rings is 1. The minimum atomic E-state index is -1.26. The highest BCUT2D eigenvalue weighted by molar-refractivity contribution is 6.09. The number of H-pyrrole nitrogens is 1. The molecule has 9 nitrogen and oxygen atoms in total. The number of carboxylic acids is 2. The summed E-state index contributed by atoms with van der Waals surface area (Å²) in [5, 5.41) is 16.7. The molecule has 0 saturated heterocycles. The van der Waals surface area contributed by atoms with Gasteiger partial charge in [-0.05, 0) is 13.0 Å². The van der Waals surface area contributed by atoms with Gasteiger partial charge >= 0.3 is 11.9 Å². The van der Waals surface area contributed by atoms with E-state index in [1.165, 1.54) is 0 Å². The molecule has 30 heavy (non-hydrogen) atoms. The third-order valence-corrected chi connectivity index (χ3v) is 4.99. The third kappa shape index (κ3) is 4.24. The molecule has 0 bridgehead atoms. The quantitative estimate of drug-likeness (QED) is 0.565. The molecule has 3 aromatic rings. The molecule has 4 rings (SSSR count). The Hall–Kier alpha value is -3.88. The first-order valence-electron chi connectivity index (χ1n) is 9.28. The average Bonchev–Trinajstić information content (AvgIpc) is 3.24. The van der Waals surface area contributed by atoms with Crippen molar-refractivity contribution in [3.05, 3.63) is 65.4 Å². The van der Waals surface area contributed by atoms with E-state index in [2.05, 4.69) is 20.6 Å². The molecule has 9 heteroatoms. The molecule has 156 valence electrons. The highest BCUT2D eigenvalue weighted by Crippen LogP contribution is 2.30. The number of aryl methyl sites for hydroxylation is 2. The summed E-state index contributed by atoms with van der Waals surface area (Å²) in [4.78, 5) is 41.4. The number of para-hydroxylation sites is 1. The van der Waals surface area contributed by atoms with Crippen molar-refractivity contribution in [1.82, 2.24) is 19.4 Å². The monoisotopic (exact) mass is 410 g/mol. The molecule has 3 N–H and O–H groups in total. The maximum atomic E-state index is 13.0. The first-order valence-corrected chi connectivity index (χ1v) is 9.28. The van der Waals surface area contributed by atoms with Crippen LogP contribution in [0.2, 0.25) is 0 Å². The summed E-state index contributed by atoms with van der Waals surface area (Å²) in [7, 11) is 2.04. The molecule has 1 aliphatic rings. The largest absolute Gasteiger partial charge is 0.478 e. The molecule has 0 fully saturated rings. The van der Waals surface area contributed by atoms with Crippen LogP contribution in [0.25, 0.3) is 10.9 Å². The molecular weight excluding hydrogens is 388 g/mol. The standard InChI is InChI=1S/C17H18N4O.C4H4O4/c1-11-13(19-10-18-11)9-21-8-7-15-16(17(21)22)12-5-3-4-6-14(12)20(15)2;5-3(6)1-2-4(7)8/h3-6,10H,7-9H2,1-2H3,(H,18,19);1-2H,(H,5,6)(H,7,8). The van der Waals surface area contributed by atoms with Crippen molar-refractivity contribution in [3.63, 3.8) is 0 Å². The van der Waals surface area contributed by atoms with Gasteiger partial charge < -0.3 is 24.7 Å². The second-order valence-corrected chi connectivity index (χ2v) is 6.86. The molecule has 2 aromatic heterocycles. The SMILES string of the molecule is Cc1[nH]cnc1CN1CCc2c(c3ccccc3n2C)C1=O.O=C(O)C=CC(=O)O. The van der Waals surface area contributed by atoms with E-state index in [-0.39, 0.29) is 5.91 Å². The fourth-order valence-corrected chi connectivity index (χ4v) is 3.50. The van der Waals surface area contributed by atoms with Gasteiger partial charge in [0.15, 0.2) is 0 Å². The lowest BCUT2D eigenvalue weighted by atomic mass is 10.0. The molecular formula is C21H22N4O5. The van der Waals surface area contributed by atoms with Crippen LogP contribution in [-0.4, -0.2) is 54.0 Å². The van der Waals surface area contributed by atoms with E-state index >= 15 is 0 Å². The lowest BCUT2D eigenvalue weighted by molar-refractivity contribution is -0.134. The highest BCUT2D eigenvalue weighted by atomic mass is 16.4. The van der Waals surface area contributed by atoms with Crippen LogP contribution in [-0.2, 0) is 29.6 Å². The Labute approximate surface area is 172 Å². The van der Waals surface area contributed by atoms with Crippen LogP contribution in [0.1, 0.15) is 27.4 Å². The molecule has 1 aromatic carbocycles. The van der Waals surface area contributed by atoms with Crippen LogP contribution in [0, 0.1) is 6.92 Å². The number of aliphatic carboxylic acids is 2. The molecule has 0 radical (unpaired) electrons. The molecule has 0 unspecified atom stereocenters. The van der Waals surface area contributed by atoms with Crippen LogP contribution in [0.15, 0.2) is 42.7 Å². The van der Waals surface area contributed by atoms with Crippen molar-refractivity contribution in [2.45, 2.75) is 19.9 Å². The van der Waals surface area contributed by atoms with E-state index in [0.29, 0.717) is 18.7 Å². The van der Waals surface area contributed by atoms with Crippen molar-refractivity contribution in [2.24, 2.45) is 7.05 Å². The molecule has 1 aliphatic heterocycles. The van der Waals surface area contributed by atoms with Crippen LogP contribution < -0.4 is 0 Å². The first kappa shape index (κ1) is 20.8. The summed E-state index contributed by atoms with van der Waals surface area (Å²) < 4.78 is 2.15. The topological polar surface area (TPSA) is 129 Å². The maximum absolute atomic E-state index is 13.0. The predicted octanol–water partition coefficient (Wildman–Crippen LogP) is 2.12. The number of rotatable bonds is 4. The maximum Gasteiger partial charge on any atom is 0.328 e. The van der Waals surface area contributed by atoms with Gasteiger partial charge in [0.05, 0.1) is 24.1 Å². The van der Waals surface area contributed by atoms with Gasteiger partial charge in [-0.1, -0.05) is 18.2 Å². The van der Waals surface area contributed by atoms with Crippen LogP contribution >= 0.6 is 0 Å². The Balaban J connectivity index is 0.000000275. The Kier molecular flexibility index (Phi) is 6.01. The van der Waals surface area contributed by atoms with Gasteiger partial charge in [-0.2, -0.15) is 0 Å². The molecule has 3 heterocycles. The summed E-state index contributed by atoms with van der Waals surface area (Å²) in [5.74, 6) is -2.40. The summed E-state index contributed by atoms with van der Waals surface area (Å²) >= 11 is 0. The Bertz CT molecular complexity index is 1130. The number of hydrogen-bond acceptors (Lipinski definition) is 4. The van der Waals surface area contributed by atoms with Gasteiger partial charge in [0.1, 0.15) is 0 Å². The number of amides is 1. The fraction of sp³-hybridized carbons (Fsp3) is 0.238. The van der Waals surface area contributed by atoms with Gasteiger partial charge in [0, 0.05) is 54.5 Å². The van der Waals surface area contributed by atoms with Crippen molar-refractivity contribution < 1.29 is 24.6 Å². The number of aromatic amines is 1. The Morgan fingerprint density at radius 3 is 2.47 bits per heavy atom. The minimum absolute atomic E-state index is 0.112. The fourth-order valence-electron chi connectivity index (χ4n) is 3.50. The van der Waals surface area contributed by atoms with E-state index in [4.69, 9.17) is 10.2 Å². The van der Waals surface area contributed by atoms with E-state index in [9.17, 15) is 14.4 Å².